The van der Waals surface area contributed by atoms with Gasteiger partial charge in [-0.25, -0.2) is 0 Å². The fourth-order valence-corrected chi connectivity index (χ4v) is 0.928. The zero-order chi connectivity index (χ0) is 11.0. The average molecular weight is 198 g/mol. The predicted molar refractivity (Wildman–Crippen MR) is 55.8 cm³/mol. The van der Waals surface area contributed by atoms with Crippen molar-refractivity contribution in [2.75, 3.05) is 20.3 Å². The van der Waals surface area contributed by atoms with Gasteiger partial charge in [-0.3, -0.25) is 10.1 Å². The Balaban J connectivity index is 3.71. The third-order valence-corrected chi connectivity index (χ3v) is 1.75. The van der Waals surface area contributed by atoms with Gasteiger partial charge in [-0.05, 0) is 13.8 Å². The first kappa shape index (κ1) is 12.9. The first-order chi connectivity index (χ1) is 6.61. The maximum Gasteiger partial charge on any atom is 0.236 e. The van der Waals surface area contributed by atoms with Crippen LogP contribution in [-0.4, -0.2) is 38.3 Å². The van der Waals surface area contributed by atoms with Crippen LogP contribution < -0.4 is 10.6 Å². The summed E-state index contributed by atoms with van der Waals surface area (Å²) in [6.45, 7) is 4.64. The van der Waals surface area contributed by atoms with Gasteiger partial charge in [-0.1, -0.05) is 5.92 Å². The molecule has 0 saturated carbocycles. The number of carbonyl (C=O) groups excluding carboxylic acids is 1. The number of methoxy groups -OCH3 is 1. The molecular formula is C10H18N2O2. The van der Waals surface area contributed by atoms with Crippen LogP contribution in [0.2, 0.25) is 0 Å². The number of hydrogen-bond acceptors (Lipinski definition) is 3. The van der Waals surface area contributed by atoms with Gasteiger partial charge in [0.15, 0.2) is 0 Å². The monoisotopic (exact) mass is 198 g/mol. The van der Waals surface area contributed by atoms with E-state index in [1.165, 1.54) is 0 Å². The number of terminal acetylenes is 1. The number of carbonyl (C=O) groups is 1. The number of ether oxygens (including phenoxy) is 1. The number of amides is 1. The fourth-order valence-electron chi connectivity index (χ4n) is 0.928. The van der Waals surface area contributed by atoms with Crippen molar-refractivity contribution in [2.24, 2.45) is 0 Å². The first-order valence-corrected chi connectivity index (χ1v) is 4.60. The first-order valence-electron chi connectivity index (χ1n) is 4.60. The van der Waals surface area contributed by atoms with E-state index in [1.54, 1.807) is 14.0 Å². The highest BCUT2D eigenvalue weighted by atomic mass is 16.5. The molecule has 4 nitrogen and oxygen atoms in total. The van der Waals surface area contributed by atoms with Crippen LogP contribution in [0.3, 0.4) is 0 Å². The molecule has 80 valence electrons. The topological polar surface area (TPSA) is 50.4 Å². The molecule has 0 aromatic heterocycles. The fraction of sp³-hybridized carbons (Fsp3) is 0.700. The lowest BCUT2D eigenvalue weighted by molar-refractivity contribution is -0.123. The van der Waals surface area contributed by atoms with Crippen LogP contribution in [0.5, 0.6) is 0 Å². The summed E-state index contributed by atoms with van der Waals surface area (Å²) in [4.78, 5) is 11.4. The van der Waals surface area contributed by atoms with Crippen molar-refractivity contribution in [2.45, 2.75) is 25.9 Å². The highest BCUT2D eigenvalue weighted by Crippen LogP contribution is 1.86. The summed E-state index contributed by atoms with van der Waals surface area (Å²) < 4.78 is 4.81. The Morgan fingerprint density at radius 1 is 1.57 bits per heavy atom. The molecule has 0 aromatic carbocycles. The second-order valence-electron chi connectivity index (χ2n) is 3.06. The molecule has 0 rings (SSSR count). The third kappa shape index (κ3) is 5.57. The smallest absolute Gasteiger partial charge is 0.236 e. The summed E-state index contributed by atoms with van der Waals surface area (Å²) in [5.41, 5.74) is 0. The highest BCUT2D eigenvalue weighted by molar-refractivity contribution is 5.81. The third-order valence-electron chi connectivity index (χ3n) is 1.75. The van der Waals surface area contributed by atoms with Gasteiger partial charge < -0.3 is 10.1 Å². The van der Waals surface area contributed by atoms with Crippen LogP contribution >= 0.6 is 0 Å². The lowest BCUT2D eigenvalue weighted by Crippen LogP contribution is -2.46. The molecule has 0 heterocycles. The van der Waals surface area contributed by atoms with E-state index in [-0.39, 0.29) is 18.0 Å². The van der Waals surface area contributed by atoms with Gasteiger partial charge in [0.05, 0.1) is 18.7 Å². The Hall–Kier alpha value is -1.05. The minimum atomic E-state index is -0.280. The summed E-state index contributed by atoms with van der Waals surface area (Å²) in [6.07, 6.45) is 5.18. The lowest BCUT2D eigenvalue weighted by atomic mass is 10.2. The normalized spacial score (nSPS) is 14.1. The molecule has 2 N–H and O–H groups in total. The summed E-state index contributed by atoms with van der Waals surface area (Å²) in [7, 11) is 1.59. The van der Waals surface area contributed by atoms with Crippen molar-refractivity contribution in [3.63, 3.8) is 0 Å². The van der Waals surface area contributed by atoms with E-state index in [9.17, 15) is 4.79 Å². The predicted octanol–water partition coefficient (Wildman–Crippen LogP) is -0.251. The lowest BCUT2D eigenvalue weighted by Gasteiger charge is -2.15. The van der Waals surface area contributed by atoms with Gasteiger partial charge >= 0.3 is 0 Å². The van der Waals surface area contributed by atoms with E-state index in [2.05, 4.69) is 16.6 Å². The van der Waals surface area contributed by atoms with Crippen molar-refractivity contribution in [1.82, 2.24) is 10.6 Å². The summed E-state index contributed by atoms with van der Waals surface area (Å²) in [5.74, 6) is 2.44. The van der Waals surface area contributed by atoms with Gasteiger partial charge in [-0.2, -0.15) is 0 Å². The van der Waals surface area contributed by atoms with E-state index in [4.69, 9.17) is 11.2 Å². The average Bonchev–Trinajstić information content (AvgIpc) is 2.17. The van der Waals surface area contributed by atoms with Crippen LogP contribution in [-0.2, 0) is 9.53 Å². The van der Waals surface area contributed by atoms with Gasteiger partial charge in [0.25, 0.3) is 0 Å². The molecule has 14 heavy (non-hydrogen) atoms. The molecule has 0 radical (unpaired) electrons. The zero-order valence-corrected chi connectivity index (χ0v) is 8.96. The molecule has 2 unspecified atom stereocenters. The van der Waals surface area contributed by atoms with Crippen molar-refractivity contribution >= 4 is 5.91 Å². The van der Waals surface area contributed by atoms with Crippen LogP contribution in [0.15, 0.2) is 0 Å². The van der Waals surface area contributed by atoms with E-state index >= 15 is 0 Å². The van der Waals surface area contributed by atoms with Gasteiger partial charge in [0.2, 0.25) is 5.91 Å². The second-order valence-corrected chi connectivity index (χ2v) is 3.06. The van der Waals surface area contributed by atoms with Gasteiger partial charge in [0, 0.05) is 13.7 Å². The molecule has 4 heteroatoms. The van der Waals surface area contributed by atoms with Crippen LogP contribution in [0.4, 0.5) is 0 Å². The number of hydrogen-bond donors (Lipinski definition) is 2. The molecule has 0 fully saturated rings. The molecular weight excluding hydrogens is 180 g/mol. The molecule has 0 aromatic rings. The van der Waals surface area contributed by atoms with Crippen LogP contribution in [0.25, 0.3) is 0 Å². The van der Waals surface area contributed by atoms with E-state index in [0.29, 0.717) is 13.2 Å². The zero-order valence-electron chi connectivity index (χ0n) is 8.96. The van der Waals surface area contributed by atoms with Crippen molar-refractivity contribution in [3.8, 4) is 12.3 Å². The van der Waals surface area contributed by atoms with Gasteiger partial charge in [-0.15, -0.1) is 6.42 Å². The Labute approximate surface area is 85.4 Å². The Kier molecular flexibility index (Phi) is 6.81. The van der Waals surface area contributed by atoms with Crippen molar-refractivity contribution in [1.29, 1.82) is 0 Å². The quantitative estimate of drug-likeness (QED) is 0.457. The molecule has 2 atom stereocenters. The van der Waals surface area contributed by atoms with E-state index in [1.807, 2.05) is 6.92 Å². The summed E-state index contributed by atoms with van der Waals surface area (Å²) >= 11 is 0. The second kappa shape index (κ2) is 7.36. The van der Waals surface area contributed by atoms with Crippen molar-refractivity contribution < 1.29 is 9.53 Å². The molecule has 0 spiro atoms. The minimum absolute atomic E-state index is 0.0656. The van der Waals surface area contributed by atoms with E-state index in [0.717, 1.165) is 0 Å². The van der Waals surface area contributed by atoms with Gasteiger partial charge in [0.1, 0.15) is 0 Å². The van der Waals surface area contributed by atoms with Crippen molar-refractivity contribution in [3.05, 3.63) is 0 Å². The Morgan fingerprint density at radius 2 is 2.21 bits per heavy atom. The van der Waals surface area contributed by atoms with Crippen LogP contribution in [0.1, 0.15) is 13.8 Å². The number of rotatable bonds is 6. The number of nitrogens with one attached hydrogen (secondary N) is 2. The molecule has 0 bridgehead atoms. The highest BCUT2D eigenvalue weighted by Gasteiger charge is 2.12. The molecule has 0 saturated heterocycles. The molecule has 1 amide bonds. The summed E-state index contributed by atoms with van der Waals surface area (Å²) in [6, 6.07) is -0.379. The maximum absolute atomic E-state index is 11.4. The minimum Gasteiger partial charge on any atom is -0.383 e. The Morgan fingerprint density at radius 3 is 2.71 bits per heavy atom. The van der Waals surface area contributed by atoms with E-state index < -0.39 is 0 Å². The van der Waals surface area contributed by atoms with Crippen LogP contribution in [0, 0.1) is 12.3 Å². The molecule has 0 aliphatic rings. The standard InChI is InChI=1S/C10H18N2O2/c1-5-8(2)12-9(3)10(13)11-6-7-14-4/h1,8-9,12H,6-7H2,2-4H3,(H,11,13). The molecule has 0 aliphatic carbocycles. The largest absolute Gasteiger partial charge is 0.383 e. The molecule has 0 aliphatic heterocycles. The Bertz CT molecular complexity index is 211. The maximum atomic E-state index is 11.4. The summed E-state index contributed by atoms with van der Waals surface area (Å²) in [5, 5.41) is 5.68. The SMILES string of the molecule is C#CC(C)NC(C)C(=O)NCCOC.